The van der Waals surface area contributed by atoms with Crippen molar-refractivity contribution < 1.29 is 4.39 Å². The van der Waals surface area contributed by atoms with Crippen LogP contribution in [0.25, 0.3) is 0 Å². The molecule has 2 aromatic rings. The fourth-order valence-electron chi connectivity index (χ4n) is 3.56. The van der Waals surface area contributed by atoms with Crippen LogP contribution < -0.4 is 5.32 Å². The average molecular weight is 283 g/mol. The summed E-state index contributed by atoms with van der Waals surface area (Å²) in [5.74, 6) is 0.947. The molecule has 1 N–H and O–H groups in total. The topological polar surface area (TPSA) is 12.0 Å². The van der Waals surface area contributed by atoms with Crippen molar-refractivity contribution in [3.8, 4) is 0 Å². The van der Waals surface area contributed by atoms with Crippen LogP contribution in [-0.2, 0) is 0 Å². The Morgan fingerprint density at radius 1 is 1.14 bits per heavy atom. The minimum atomic E-state index is -0.0782. The molecular weight excluding hydrogens is 261 g/mol. The monoisotopic (exact) mass is 283 g/mol. The second-order valence-corrected chi connectivity index (χ2v) is 6.16. The van der Waals surface area contributed by atoms with Crippen LogP contribution in [-0.4, -0.2) is 7.05 Å². The van der Waals surface area contributed by atoms with E-state index in [0.29, 0.717) is 11.8 Å². The predicted molar refractivity (Wildman–Crippen MR) is 85.0 cm³/mol. The van der Waals surface area contributed by atoms with Crippen molar-refractivity contribution >= 4 is 0 Å². The average Bonchev–Trinajstić information content (AvgIpc) is 3.23. The van der Waals surface area contributed by atoms with Crippen molar-refractivity contribution in [2.75, 3.05) is 7.05 Å². The van der Waals surface area contributed by atoms with Crippen LogP contribution in [0.1, 0.15) is 40.6 Å². The van der Waals surface area contributed by atoms with Crippen LogP contribution >= 0.6 is 0 Å². The fourth-order valence-corrected chi connectivity index (χ4v) is 3.56. The van der Waals surface area contributed by atoms with Crippen molar-refractivity contribution in [2.24, 2.45) is 5.92 Å². The summed E-state index contributed by atoms with van der Waals surface area (Å²) in [6.45, 7) is 3.95. The van der Waals surface area contributed by atoms with Gasteiger partial charge in [0.25, 0.3) is 0 Å². The van der Waals surface area contributed by atoms with Gasteiger partial charge in [0.2, 0.25) is 0 Å². The Labute approximate surface area is 126 Å². The van der Waals surface area contributed by atoms with Gasteiger partial charge < -0.3 is 5.32 Å². The third kappa shape index (κ3) is 2.73. The first kappa shape index (κ1) is 14.3. The molecule has 110 valence electrons. The number of rotatable bonds is 4. The molecule has 2 heteroatoms. The molecule has 1 nitrogen and oxygen atoms in total. The summed E-state index contributed by atoms with van der Waals surface area (Å²) < 4.78 is 14.4. The quantitative estimate of drug-likeness (QED) is 0.870. The molecule has 0 spiro atoms. The summed E-state index contributed by atoms with van der Waals surface area (Å²) in [7, 11) is 1.93. The third-order valence-corrected chi connectivity index (χ3v) is 4.60. The summed E-state index contributed by atoms with van der Waals surface area (Å²) in [4.78, 5) is 0. The molecule has 3 unspecified atom stereocenters. The third-order valence-electron chi connectivity index (χ3n) is 4.60. The Morgan fingerprint density at radius 3 is 2.48 bits per heavy atom. The summed E-state index contributed by atoms with van der Waals surface area (Å²) in [6.07, 6.45) is 1.13. The van der Waals surface area contributed by atoms with E-state index in [9.17, 15) is 4.39 Å². The van der Waals surface area contributed by atoms with Gasteiger partial charge in [-0.1, -0.05) is 36.4 Å². The van der Waals surface area contributed by atoms with Crippen molar-refractivity contribution in [3.63, 3.8) is 0 Å². The highest BCUT2D eigenvalue weighted by atomic mass is 19.1. The zero-order valence-electron chi connectivity index (χ0n) is 12.9. The molecule has 0 heterocycles. The molecule has 1 saturated carbocycles. The molecule has 2 aromatic carbocycles. The summed E-state index contributed by atoms with van der Waals surface area (Å²) in [5.41, 5.74) is 4.24. The summed E-state index contributed by atoms with van der Waals surface area (Å²) in [5, 5.41) is 3.34. The maximum absolute atomic E-state index is 14.4. The smallest absolute Gasteiger partial charge is 0.128 e. The van der Waals surface area contributed by atoms with E-state index in [0.717, 1.165) is 23.1 Å². The highest BCUT2D eigenvalue weighted by molar-refractivity contribution is 5.37. The minimum Gasteiger partial charge on any atom is -0.313 e. The highest BCUT2D eigenvalue weighted by Crippen LogP contribution is 2.54. The Morgan fingerprint density at radius 2 is 1.86 bits per heavy atom. The van der Waals surface area contributed by atoms with Gasteiger partial charge >= 0.3 is 0 Å². The van der Waals surface area contributed by atoms with Crippen LogP contribution in [0.5, 0.6) is 0 Å². The lowest BCUT2D eigenvalue weighted by Gasteiger charge is -2.20. The van der Waals surface area contributed by atoms with Crippen LogP contribution in [0.2, 0.25) is 0 Å². The highest BCUT2D eigenvalue weighted by Gasteiger charge is 2.44. The van der Waals surface area contributed by atoms with Gasteiger partial charge in [0.1, 0.15) is 5.82 Å². The Bertz CT molecular complexity index is 612. The number of nitrogens with one attached hydrogen (secondary N) is 1. The van der Waals surface area contributed by atoms with Crippen LogP contribution in [0.4, 0.5) is 4.39 Å². The fraction of sp³-hybridized carbons (Fsp3) is 0.368. The number of benzene rings is 2. The zero-order chi connectivity index (χ0) is 15.0. The second kappa shape index (κ2) is 5.61. The maximum Gasteiger partial charge on any atom is 0.128 e. The number of aryl methyl sites for hydroxylation is 2. The maximum atomic E-state index is 14.4. The molecule has 21 heavy (non-hydrogen) atoms. The van der Waals surface area contributed by atoms with Gasteiger partial charge in [-0.3, -0.25) is 0 Å². The molecule has 0 bridgehead atoms. The van der Waals surface area contributed by atoms with Crippen molar-refractivity contribution in [1.29, 1.82) is 0 Å². The lowest BCUT2D eigenvalue weighted by molar-refractivity contribution is 0.482. The molecule has 0 aromatic heterocycles. The lowest BCUT2D eigenvalue weighted by atomic mass is 9.93. The van der Waals surface area contributed by atoms with E-state index in [4.69, 9.17) is 0 Å². The Hall–Kier alpha value is -1.67. The zero-order valence-corrected chi connectivity index (χ0v) is 12.9. The van der Waals surface area contributed by atoms with E-state index in [1.54, 1.807) is 6.07 Å². The van der Waals surface area contributed by atoms with Gasteiger partial charge in [-0.05, 0) is 61.9 Å². The first-order valence-electron chi connectivity index (χ1n) is 7.60. The molecule has 1 aliphatic rings. The van der Waals surface area contributed by atoms with Crippen molar-refractivity contribution in [2.45, 2.75) is 32.2 Å². The standard InChI is InChI=1S/C19H22FN/c1-12-9-13(2)18(17(20)10-12)19(21-3)16-11-15(16)14-7-5-4-6-8-14/h4-10,15-16,19,21H,11H2,1-3H3. The van der Waals surface area contributed by atoms with Gasteiger partial charge in [0.05, 0.1) is 0 Å². The molecule has 1 aliphatic carbocycles. The molecular formula is C19H22FN. The van der Waals surface area contributed by atoms with Crippen molar-refractivity contribution in [1.82, 2.24) is 5.32 Å². The van der Waals surface area contributed by atoms with Gasteiger partial charge in [-0.25, -0.2) is 4.39 Å². The molecule has 0 aliphatic heterocycles. The SMILES string of the molecule is CNC(c1c(C)cc(C)cc1F)C1CC1c1ccccc1. The summed E-state index contributed by atoms with van der Waals surface area (Å²) in [6, 6.07) is 14.4. The largest absolute Gasteiger partial charge is 0.313 e. The first-order chi connectivity index (χ1) is 10.1. The van der Waals surface area contributed by atoms with E-state index in [1.807, 2.05) is 27.0 Å². The van der Waals surface area contributed by atoms with Crippen molar-refractivity contribution in [3.05, 3.63) is 70.5 Å². The number of hydrogen-bond acceptors (Lipinski definition) is 1. The minimum absolute atomic E-state index is 0.0782. The normalized spacial score (nSPS) is 22.1. The Kier molecular flexibility index (Phi) is 3.81. The lowest BCUT2D eigenvalue weighted by Crippen LogP contribution is -2.21. The molecule has 0 amide bonds. The van der Waals surface area contributed by atoms with Crippen LogP contribution in [0.3, 0.4) is 0 Å². The molecule has 3 rings (SSSR count). The van der Waals surface area contributed by atoms with Gasteiger partial charge in [-0.2, -0.15) is 0 Å². The van der Waals surface area contributed by atoms with E-state index in [1.165, 1.54) is 5.56 Å². The molecule has 0 radical (unpaired) electrons. The van der Waals surface area contributed by atoms with E-state index >= 15 is 0 Å². The summed E-state index contributed by atoms with van der Waals surface area (Å²) >= 11 is 0. The molecule has 0 saturated heterocycles. The Balaban J connectivity index is 1.88. The van der Waals surface area contributed by atoms with Crippen LogP contribution in [0.15, 0.2) is 42.5 Å². The first-order valence-corrected chi connectivity index (χ1v) is 7.60. The predicted octanol–water partition coefficient (Wildman–Crippen LogP) is 4.51. The molecule has 1 fully saturated rings. The van der Waals surface area contributed by atoms with E-state index in [-0.39, 0.29) is 11.9 Å². The number of halogens is 1. The van der Waals surface area contributed by atoms with Gasteiger partial charge in [-0.15, -0.1) is 0 Å². The van der Waals surface area contributed by atoms with E-state index in [2.05, 4.69) is 35.6 Å². The van der Waals surface area contributed by atoms with E-state index < -0.39 is 0 Å². The molecule has 3 atom stereocenters. The van der Waals surface area contributed by atoms with Crippen LogP contribution in [0, 0.1) is 25.6 Å². The van der Waals surface area contributed by atoms with Gasteiger partial charge in [0.15, 0.2) is 0 Å². The second-order valence-electron chi connectivity index (χ2n) is 6.16. The van der Waals surface area contributed by atoms with Gasteiger partial charge in [0, 0.05) is 11.6 Å². The number of hydrogen-bond donors (Lipinski definition) is 1.